The van der Waals surface area contributed by atoms with Crippen LogP contribution in [-0.4, -0.2) is 0 Å². The molecular formula is C15H12ClF4N. The largest absolute Gasteiger partial charge is 0.419 e. The number of halogens is 5. The summed E-state index contributed by atoms with van der Waals surface area (Å²) >= 11 is 5.84. The van der Waals surface area contributed by atoms with Crippen molar-refractivity contribution in [3.05, 3.63) is 69.5 Å². The molecule has 2 rings (SSSR count). The van der Waals surface area contributed by atoms with Gasteiger partial charge in [0, 0.05) is 5.02 Å². The predicted octanol–water partition coefficient (Wildman–Crippen LogP) is 4.85. The number of nitrogens with two attached hydrogens (primary N) is 1. The van der Waals surface area contributed by atoms with E-state index in [1.807, 2.05) is 0 Å². The molecule has 1 atom stereocenters. The van der Waals surface area contributed by atoms with Crippen LogP contribution in [0.1, 0.15) is 28.3 Å². The van der Waals surface area contributed by atoms with Crippen LogP contribution in [0.25, 0.3) is 0 Å². The molecule has 1 unspecified atom stereocenters. The quantitative estimate of drug-likeness (QED) is 0.787. The average Bonchev–Trinajstić information content (AvgIpc) is 2.36. The summed E-state index contributed by atoms with van der Waals surface area (Å²) < 4.78 is 51.2. The van der Waals surface area contributed by atoms with Crippen LogP contribution in [0, 0.1) is 12.7 Å². The van der Waals surface area contributed by atoms with Gasteiger partial charge in [0.15, 0.2) is 0 Å². The third-order valence-corrected chi connectivity index (χ3v) is 3.46. The van der Waals surface area contributed by atoms with Crippen molar-refractivity contribution in [2.45, 2.75) is 19.1 Å². The molecule has 0 saturated carbocycles. The minimum Gasteiger partial charge on any atom is -0.320 e. The predicted molar refractivity (Wildman–Crippen MR) is 73.6 cm³/mol. The zero-order chi connectivity index (χ0) is 15.8. The van der Waals surface area contributed by atoms with Crippen LogP contribution in [-0.2, 0) is 6.18 Å². The number of rotatable bonds is 2. The summed E-state index contributed by atoms with van der Waals surface area (Å²) in [5.41, 5.74) is 6.44. The molecule has 0 spiro atoms. The Hall–Kier alpha value is -1.59. The maximum absolute atomic E-state index is 13.6. The smallest absolute Gasteiger partial charge is 0.320 e. The Kier molecular flexibility index (Phi) is 4.25. The minimum absolute atomic E-state index is 0.269. The first-order valence-electron chi connectivity index (χ1n) is 6.08. The first kappa shape index (κ1) is 15.8. The lowest BCUT2D eigenvalue weighted by molar-refractivity contribution is -0.140. The van der Waals surface area contributed by atoms with Gasteiger partial charge in [0.05, 0.1) is 11.6 Å². The van der Waals surface area contributed by atoms with E-state index in [-0.39, 0.29) is 5.56 Å². The molecule has 0 amide bonds. The van der Waals surface area contributed by atoms with E-state index in [1.54, 1.807) is 25.1 Å². The Morgan fingerprint density at radius 3 is 2.29 bits per heavy atom. The van der Waals surface area contributed by atoms with Crippen molar-refractivity contribution in [3.63, 3.8) is 0 Å². The van der Waals surface area contributed by atoms with E-state index >= 15 is 0 Å². The monoisotopic (exact) mass is 317 g/mol. The van der Waals surface area contributed by atoms with Crippen LogP contribution < -0.4 is 5.73 Å². The first-order chi connectivity index (χ1) is 9.70. The van der Waals surface area contributed by atoms with Gasteiger partial charge in [-0.15, -0.1) is 0 Å². The molecule has 112 valence electrons. The highest BCUT2D eigenvalue weighted by Gasteiger charge is 2.34. The van der Waals surface area contributed by atoms with E-state index in [9.17, 15) is 17.6 Å². The van der Waals surface area contributed by atoms with Crippen LogP contribution in [0.15, 0.2) is 36.4 Å². The van der Waals surface area contributed by atoms with Crippen molar-refractivity contribution in [2.75, 3.05) is 0 Å². The normalized spacial score (nSPS) is 13.3. The molecule has 0 radical (unpaired) electrons. The average molecular weight is 318 g/mol. The Balaban J connectivity index is 2.40. The number of hydrogen-bond acceptors (Lipinski definition) is 1. The molecule has 21 heavy (non-hydrogen) atoms. The van der Waals surface area contributed by atoms with Gasteiger partial charge in [0.1, 0.15) is 5.82 Å². The van der Waals surface area contributed by atoms with Crippen molar-refractivity contribution >= 4 is 11.6 Å². The molecule has 0 aliphatic rings. The lowest BCUT2D eigenvalue weighted by atomic mass is 9.95. The summed E-state index contributed by atoms with van der Waals surface area (Å²) in [6.45, 7) is 1.78. The second-order valence-electron chi connectivity index (χ2n) is 4.72. The molecule has 2 N–H and O–H groups in total. The van der Waals surface area contributed by atoms with Crippen LogP contribution in [0.4, 0.5) is 17.6 Å². The SMILES string of the molecule is Cc1cc(Cl)ccc1C(N)c1ccc(C(F)(F)F)c(F)c1. The zero-order valence-electron chi connectivity index (χ0n) is 11.0. The second kappa shape index (κ2) is 5.66. The van der Waals surface area contributed by atoms with E-state index in [2.05, 4.69) is 0 Å². The summed E-state index contributed by atoms with van der Waals surface area (Å²) in [5.74, 6) is -1.33. The highest BCUT2D eigenvalue weighted by Crippen LogP contribution is 2.33. The van der Waals surface area contributed by atoms with Crippen molar-refractivity contribution in [1.29, 1.82) is 0 Å². The summed E-state index contributed by atoms with van der Waals surface area (Å²) in [7, 11) is 0. The fourth-order valence-electron chi connectivity index (χ4n) is 2.12. The van der Waals surface area contributed by atoms with Gasteiger partial charge < -0.3 is 5.73 Å². The third kappa shape index (κ3) is 3.36. The standard InChI is InChI=1S/C15H12ClF4N/c1-8-6-10(16)3-4-11(8)14(21)9-2-5-12(13(17)7-9)15(18,19)20/h2-7,14H,21H2,1H3. The summed E-state index contributed by atoms with van der Waals surface area (Å²) in [6, 6.07) is 6.99. The fraction of sp³-hybridized carbons (Fsp3) is 0.200. The van der Waals surface area contributed by atoms with E-state index in [0.29, 0.717) is 16.7 Å². The van der Waals surface area contributed by atoms with E-state index in [4.69, 9.17) is 17.3 Å². The van der Waals surface area contributed by atoms with Crippen molar-refractivity contribution < 1.29 is 17.6 Å². The number of hydrogen-bond donors (Lipinski definition) is 1. The maximum Gasteiger partial charge on any atom is 0.419 e. The van der Waals surface area contributed by atoms with Crippen molar-refractivity contribution in [3.8, 4) is 0 Å². The zero-order valence-corrected chi connectivity index (χ0v) is 11.8. The molecule has 0 saturated heterocycles. The molecule has 0 aromatic heterocycles. The van der Waals surface area contributed by atoms with Crippen LogP contribution in [0.5, 0.6) is 0 Å². The number of alkyl halides is 3. The van der Waals surface area contributed by atoms with Crippen molar-refractivity contribution in [2.24, 2.45) is 5.73 Å². The first-order valence-corrected chi connectivity index (χ1v) is 6.46. The highest BCUT2D eigenvalue weighted by atomic mass is 35.5. The minimum atomic E-state index is -4.72. The lowest BCUT2D eigenvalue weighted by Crippen LogP contribution is -2.15. The Morgan fingerprint density at radius 1 is 1.10 bits per heavy atom. The van der Waals surface area contributed by atoms with Crippen LogP contribution >= 0.6 is 11.6 Å². The van der Waals surface area contributed by atoms with Gasteiger partial charge >= 0.3 is 6.18 Å². The van der Waals surface area contributed by atoms with Gasteiger partial charge in [-0.3, -0.25) is 0 Å². The fourth-order valence-corrected chi connectivity index (χ4v) is 2.35. The molecule has 2 aromatic carbocycles. The van der Waals surface area contributed by atoms with Gasteiger partial charge in [-0.25, -0.2) is 4.39 Å². The van der Waals surface area contributed by atoms with E-state index < -0.39 is 23.6 Å². The summed E-state index contributed by atoms with van der Waals surface area (Å²) in [4.78, 5) is 0. The third-order valence-electron chi connectivity index (χ3n) is 3.22. The molecule has 0 aliphatic carbocycles. The summed E-state index contributed by atoms with van der Waals surface area (Å²) in [6.07, 6.45) is -4.72. The molecule has 0 fully saturated rings. The molecule has 2 aromatic rings. The van der Waals surface area contributed by atoms with Crippen LogP contribution in [0.2, 0.25) is 5.02 Å². The molecule has 0 aliphatic heterocycles. The van der Waals surface area contributed by atoms with Gasteiger partial charge in [0.25, 0.3) is 0 Å². The second-order valence-corrected chi connectivity index (χ2v) is 5.15. The van der Waals surface area contributed by atoms with Crippen molar-refractivity contribution in [1.82, 2.24) is 0 Å². The number of aryl methyl sites for hydroxylation is 1. The Morgan fingerprint density at radius 2 is 1.76 bits per heavy atom. The van der Waals surface area contributed by atoms with Gasteiger partial charge in [0.2, 0.25) is 0 Å². The maximum atomic E-state index is 13.6. The van der Waals surface area contributed by atoms with E-state index in [0.717, 1.165) is 11.6 Å². The summed E-state index contributed by atoms with van der Waals surface area (Å²) in [5, 5.41) is 0.530. The van der Waals surface area contributed by atoms with Gasteiger partial charge in [-0.1, -0.05) is 23.7 Å². The Bertz CT molecular complexity index is 667. The van der Waals surface area contributed by atoms with E-state index in [1.165, 1.54) is 6.07 Å². The topological polar surface area (TPSA) is 26.0 Å². The van der Waals surface area contributed by atoms with Gasteiger partial charge in [-0.2, -0.15) is 13.2 Å². The lowest BCUT2D eigenvalue weighted by Gasteiger charge is -2.17. The Labute approximate surface area is 124 Å². The molecule has 6 heteroatoms. The molecule has 1 nitrogen and oxygen atoms in total. The molecule has 0 bridgehead atoms. The van der Waals surface area contributed by atoms with Gasteiger partial charge in [-0.05, 0) is 47.9 Å². The number of benzene rings is 2. The molecular weight excluding hydrogens is 306 g/mol. The molecule has 0 heterocycles. The highest BCUT2D eigenvalue weighted by molar-refractivity contribution is 6.30. The van der Waals surface area contributed by atoms with Crippen LogP contribution in [0.3, 0.4) is 0 Å².